The Balaban J connectivity index is 1.66. The molecule has 1 saturated carbocycles. The third kappa shape index (κ3) is 3.62. The Morgan fingerprint density at radius 1 is 1.29 bits per heavy atom. The summed E-state index contributed by atoms with van der Waals surface area (Å²) in [6.07, 6.45) is 7.26. The van der Waals surface area contributed by atoms with E-state index < -0.39 is 17.3 Å². The molecule has 24 heavy (non-hydrogen) atoms. The van der Waals surface area contributed by atoms with Crippen molar-refractivity contribution in [2.24, 2.45) is 0 Å². The van der Waals surface area contributed by atoms with Gasteiger partial charge >= 0.3 is 0 Å². The van der Waals surface area contributed by atoms with Crippen LogP contribution in [0.15, 0.2) is 24.3 Å². The number of nitrogens with one attached hydrogen (secondary N) is 1. The van der Waals surface area contributed by atoms with E-state index >= 15 is 0 Å². The van der Waals surface area contributed by atoms with E-state index in [1.54, 1.807) is 0 Å². The molecule has 2 unspecified atom stereocenters. The van der Waals surface area contributed by atoms with Crippen LogP contribution in [0.2, 0.25) is 0 Å². The number of carbonyl (C=O) groups is 1. The molecule has 4 nitrogen and oxygen atoms in total. The fourth-order valence-corrected chi connectivity index (χ4v) is 3.93. The lowest BCUT2D eigenvalue weighted by Crippen LogP contribution is -2.53. The maximum absolute atomic E-state index is 13.1. The second-order valence-corrected chi connectivity index (χ2v) is 7.33. The van der Waals surface area contributed by atoms with E-state index in [-0.39, 0.29) is 11.6 Å². The van der Waals surface area contributed by atoms with Crippen LogP contribution in [0.1, 0.15) is 57.4 Å². The Morgan fingerprint density at radius 2 is 1.96 bits per heavy atom. The van der Waals surface area contributed by atoms with E-state index in [4.69, 9.17) is 4.74 Å². The van der Waals surface area contributed by atoms with E-state index in [1.807, 2.05) is 0 Å². The van der Waals surface area contributed by atoms with Gasteiger partial charge in [0.25, 0.3) is 5.91 Å². The number of ether oxygens (including phenoxy) is 1. The summed E-state index contributed by atoms with van der Waals surface area (Å²) >= 11 is 0. The first-order valence-electron chi connectivity index (χ1n) is 8.85. The summed E-state index contributed by atoms with van der Waals surface area (Å²) in [4.78, 5) is 12.6. The summed E-state index contributed by atoms with van der Waals surface area (Å²) in [6.45, 7) is 2.09. The minimum atomic E-state index is -1.67. The van der Waals surface area contributed by atoms with Gasteiger partial charge in [0, 0.05) is 12.6 Å². The number of hydrogen-bond acceptors (Lipinski definition) is 3. The van der Waals surface area contributed by atoms with Crippen LogP contribution in [0.3, 0.4) is 0 Å². The molecule has 5 heteroatoms. The lowest BCUT2D eigenvalue weighted by molar-refractivity contribution is -0.144. The molecule has 3 rings (SSSR count). The number of aliphatic hydroxyl groups is 1. The lowest BCUT2D eigenvalue weighted by Gasteiger charge is -2.44. The van der Waals surface area contributed by atoms with Crippen LogP contribution in [-0.4, -0.2) is 29.3 Å². The zero-order chi connectivity index (χ0) is 17.2. The molecule has 132 valence electrons. The van der Waals surface area contributed by atoms with Gasteiger partial charge in [-0.1, -0.05) is 31.4 Å². The molecule has 2 aliphatic rings. The highest BCUT2D eigenvalue weighted by Crippen LogP contribution is 2.38. The molecule has 0 bridgehead atoms. The number of benzene rings is 1. The molecular weight excluding hydrogens is 309 g/mol. The Hall–Kier alpha value is -1.46. The van der Waals surface area contributed by atoms with Crippen molar-refractivity contribution in [3.8, 4) is 0 Å². The minimum absolute atomic E-state index is 0.0104. The zero-order valence-electron chi connectivity index (χ0n) is 14.2. The van der Waals surface area contributed by atoms with Crippen LogP contribution in [0.25, 0.3) is 0 Å². The van der Waals surface area contributed by atoms with Crippen molar-refractivity contribution in [2.75, 3.05) is 6.61 Å². The molecule has 0 radical (unpaired) electrons. The summed E-state index contributed by atoms with van der Waals surface area (Å²) in [5.74, 6) is -0.828. The summed E-state index contributed by atoms with van der Waals surface area (Å²) in [7, 11) is 0. The second-order valence-electron chi connectivity index (χ2n) is 7.33. The molecular formula is C19H26FNO3. The maximum Gasteiger partial charge on any atom is 0.256 e. The highest BCUT2D eigenvalue weighted by atomic mass is 19.1. The van der Waals surface area contributed by atoms with Crippen LogP contribution < -0.4 is 5.32 Å². The van der Waals surface area contributed by atoms with Crippen molar-refractivity contribution in [3.63, 3.8) is 0 Å². The number of rotatable bonds is 3. The van der Waals surface area contributed by atoms with Gasteiger partial charge in [0.1, 0.15) is 5.82 Å². The van der Waals surface area contributed by atoms with Gasteiger partial charge in [-0.2, -0.15) is 0 Å². The normalized spacial score (nSPS) is 25.9. The maximum atomic E-state index is 13.1. The zero-order valence-corrected chi connectivity index (χ0v) is 14.2. The summed E-state index contributed by atoms with van der Waals surface area (Å²) in [5, 5.41) is 13.6. The second kappa shape index (κ2) is 6.81. The predicted molar refractivity (Wildman–Crippen MR) is 88.9 cm³/mol. The fraction of sp³-hybridized carbons (Fsp3) is 0.632. The van der Waals surface area contributed by atoms with Gasteiger partial charge in [0.2, 0.25) is 0 Å². The standard InChI is InChI=1S/C19H26FNO3/c1-18(23,14-5-7-15(20)8-6-14)17(22)21-16-9-12-24-19(13-16)10-3-2-4-11-19/h5-8,16,23H,2-4,9-13H2,1H3,(H,21,22). The quantitative estimate of drug-likeness (QED) is 0.893. The first-order chi connectivity index (χ1) is 11.4. The van der Waals surface area contributed by atoms with Gasteiger partial charge < -0.3 is 15.2 Å². The molecule has 1 aromatic rings. The topological polar surface area (TPSA) is 58.6 Å². The fourth-order valence-electron chi connectivity index (χ4n) is 3.93. The number of hydrogen-bond donors (Lipinski definition) is 2. The van der Waals surface area contributed by atoms with Crippen molar-refractivity contribution >= 4 is 5.91 Å². The van der Waals surface area contributed by atoms with Crippen molar-refractivity contribution < 1.29 is 19.0 Å². The van der Waals surface area contributed by atoms with E-state index in [1.165, 1.54) is 50.5 Å². The highest BCUT2D eigenvalue weighted by Gasteiger charge is 2.41. The first kappa shape index (κ1) is 17.4. The molecule has 1 aliphatic carbocycles. The molecule has 1 amide bonds. The average molecular weight is 335 g/mol. The van der Waals surface area contributed by atoms with Crippen LogP contribution in [-0.2, 0) is 15.1 Å². The molecule has 1 aromatic carbocycles. The molecule has 1 heterocycles. The Morgan fingerprint density at radius 3 is 2.62 bits per heavy atom. The summed E-state index contributed by atoms with van der Waals surface area (Å²) in [5.41, 5.74) is -1.39. The molecule has 0 aromatic heterocycles. The SMILES string of the molecule is CC(O)(C(=O)NC1CCOC2(CCCCC2)C1)c1ccc(F)cc1. The van der Waals surface area contributed by atoms with Gasteiger partial charge in [-0.25, -0.2) is 4.39 Å². The van der Waals surface area contributed by atoms with Crippen LogP contribution in [0.4, 0.5) is 4.39 Å². The Bertz CT molecular complexity index is 573. The summed E-state index contributed by atoms with van der Waals surface area (Å²) < 4.78 is 19.1. The largest absolute Gasteiger partial charge is 0.376 e. The minimum Gasteiger partial charge on any atom is -0.376 e. The lowest BCUT2D eigenvalue weighted by atomic mass is 9.78. The predicted octanol–water partition coefficient (Wildman–Crippen LogP) is 3.03. The van der Waals surface area contributed by atoms with Gasteiger partial charge in [0.05, 0.1) is 5.60 Å². The molecule has 2 fully saturated rings. The summed E-state index contributed by atoms with van der Waals surface area (Å²) in [6, 6.07) is 5.41. The third-order valence-electron chi connectivity index (χ3n) is 5.44. The first-order valence-corrected chi connectivity index (χ1v) is 8.85. The Kier molecular flexibility index (Phi) is 4.92. The molecule has 2 atom stereocenters. The number of amides is 1. The highest BCUT2D eigenvalue weighted by molar-refractivity contribution is 5.86. The van der Waals surface area contributed by atoms with E-state index in [2.05, 4.69) is 5.32 Å². The third-order valence-corrected chi connectivity index (χ3v) is 5.44. The molecule has 1 aliphatic heterocycles. The van der Waals surface area contributed by atoms with Gasteiger partial charge in [-0.05, 0) is 50.3 Å². The monoisotopic (exact) mass is 335 g/mol. The van der Waals surface area contributed by atoms with Crippen molar-refractivity contribution in [3.05, 3.63) is 35.6 Å². The average Bonchev–Trinajstić information content (AvgIpc) is 2.56. The Labute approximate surface area is 142 Å². The van der Waals surface area contributed by atoms with Crippen molar-refractivity contribution in [1.29, 1.82) is 0 Å². The number of carbonyl (C=O) groups excluding carboxylic acids is 1. The smallest absolute Gasteiger partial charge is 0.256 e. The molecule has 1 saturated heterocycles. The van der Waals surface area contributed by atoms with Crippen LogP contribution in [0.5, 0.6) is 0 Å². The molecule has 1 spiro atoms. The van der Waals surface area contributed by atoms with Crippen molar-refractivity contribution in [2.45, 2.75) is 69.1 Å². The van der Waals surface area contributed by atoms with E-state index in [0.717, 1.165) is 25.7 Å². The number of halogens is 1. The van der Waals surface area contributed by atoms with Crippen molar-refractivity contribution in [1.82, 2.24) is 5.32 Å². The van der Waals surface area contributed by atoms with Gasteiger partial charge in [0.15, 0.2) is 5.60 Å². The molecule has 2 N–H and O–H groups in total. The van der Waals surface area contributed by atoms with Gasteiger partial charge in [-0.15, -0.1) is 0 Å². The van der Waals surface area contributed by atoms with Crippen LogP contribution in [0, 0.1) is 5.82 Å². The van der Waals surface area contributed by atoms with Crippen LogP contribution >= 0.6 is 0 Å². The van der Waals surface area contributed by atoms with E-state index in [9.17, 15) is 14.3 Å². The van der Waals surface area contributed by atoms with E-state index in [0.29, 0.717) is 12.2 Å². The van der Waals surface area contributed by atoms with Gasteiger partial charge in [-0.3, -0.25) is 4.79 Å².